The molecule has 9 heteroatoms. The number of nitro groups is 1. The van der Waals surface area contributed by atoms with Gasteiger partial charge in [0.2, 0.25) is 0 Å². The molecule has 0 saturated carbocycles. The first-order valence-electron chi connectivity index (χ1n) is 9.46. The number of aromatic nitrogens is 1. The molecule has 0 unspecified atom stereocenters. The summed E-state index contributed by atoms with van der Waals surface area (Å²) in [7, 11) is 0. The summed E-state index contributed by atoms with van der Waals surface area (Å²) in [6.45, 7) is 1.29. The van der Waals surface area contributed by atoms with Crippen molar-refractivity contribution < 1.29 is 23.9 Å². The number of para-hydroxylation sites is 1. The predicted octanol–water partition coefficient (Wildman–Crippen LogP) is 3.11. The van der Waals surface area contributed by atoms with Crippen molar-refractivity contribution >= 4 is 22.5 Å². The van der Waals surface area contributed by atoms with Gasteiger partial charge in [-0.3, -0.25) is 19.9 Å². The highest BCUT2D eigenvalue weighted by Crippen LogP contribution is 2.36. The Bertz CT molecular complexity index is 1100. The van der Waals surface area contributed by atoms with Crippen molar-refractivity contribution in [3.8, 4) is 17.2 Å². The molecule has 0 bridgehead atoms. The Morgan fingerprint density at radius 1 is 1.17 bits per heavy atom. The van der Waals surface area contributed by atoms with E-state index in [1.54, 1.807) is 6.20 Å². The number of nitrogens with one attached hydrogen (secondary N) is 1. The molecule has 1 N–H and O–H groups in total. The number of carbonyl (C=O) groups excluding carboxylic acids is 1. The van der Waals surface area contributed by atoms with Gasteiger partial charge in [0.05, 0.1) is 17.6 Å². The molecule has 1 amide bonds. The quantitative estimate of drug-likeness (QED) is 0.362. The maximum Gasteiger partial charge on any atom is 0.286 e. The van der Waals surface area contributed by atoms with Crippen LogP contribution in [0.2, 0.25) is 0 Å². The van der Waals surface area contributed by atoms with Crippen LogP contribution in [-0.4, -0.2) is 42.2 Å². The van der Waals surface area contributed by atoms with Crippen LogP contribution in [-0.2, 0) is 0 Å². The van der Waals surface area contributed by atoms with E-state index in [-0.39, 0.29) is 17.0 Å². The van der Waals surface area contributed by atoms with Crippen LogP contribution in [0.3, 0.4) is 0 Å². The zero-order valence-electron chi connectivity index (χ0n) is 16.0. The van der Waals surface area contributed by atoms with Crippen molar-refractivity contribution in [2.24, 2.45) is 0 Å². The largest absolute Gasteiger partial charge is 0.491 e. The number of hydrogen-bond donors (Lipinski definition) is 1. The number of pyridine rings is 1. The fraction of sp³-hybridized carbons (Fsp3) is 0.238. The van der Waals surface area contributed by atoms with Gasteiger partial charge in [-0.1, -0.05) is 18.2 Å². The van der Waals surface area contributed by atoms with Crippen LogP contribution in [0.25, 0.3) is 10.9 Å². The zero-order chi connectivity index (χ0) is 20.9. The molecule has 30 heavy (non-hydrogen) atoms. The summed E-state index contributed by atoms with van der Waals surface area (Å²) in [5, 5.41) is 15.0. The summed E-state index contributed by atoms with van der Waals surface area (Å²) >= 11 is 0. The summed E-state index contributed by atoms with van der Waals surface area (Å²) in [6, 6.07) is 12.1. The molecule has 0 fully saturated rings. The van der Waals surface area contributed by atoms with Crippen LogP contribution in [0.4, 0.5) is 5.69 Å². The zero-order valence-corrected chi connectivity index (χ0v) is 16.0. The first-order valence-corrected chi connectivity index (χ1v) is 9.46. The Labute approximate surface area is 171 Å². The predicted molar refractivity (Wildman–Crippen MR) is 108 cm³/mol. The van der Waals surface area contributed by atoms with E-state index in [1.807, 2.05) is 30.3 Å². The molecule has 2 aromatic carbocycles. The lowest BCUT2D eigenvalue weighted by atomic mass is 10.1. The van der Waals surface area contributed by atoms with Gasteiger partial charge in [-0.25, -0.2) is 0 Å². The Morgan fingerprint density at radius 3 is 2.73 bits per heavy atom. The van der Waals surface area contributed by atoms with Crippen LogP contribution in [0.5, 0.6) is 17.2 Å². The molecule has 0 aliphatic carbocycles. The summed E-state index contributed by atoms with van der Waals surface area (Å²) in [6.07, 6.45) is 2.23. The Morgan fingerprint density at radius 2 is 1.93 bits per heavy atom. The van der Waals surface area contributed by atoms with Gasteiger partial charge in [-0.15, -0.1) is 0 Å². The van der Waals surface area contributed by atoms with Gasteiger partial charge in [0.25, 0.3) is 11.6 Å². The number of carbonyl (C=O) groups is 1. The molecular formula is C21H19N3O6. The normalized spacial score (nSPS) is 12.4. The smallest absolute Gasteiger partial charge is 0.286 e. The summed E-state index contributed by atoms with van der Waals surface area (Å²) in [4.78, 5) is 27.6. The van der Waals surface area contributed by atoms with Gasteiger partial charge >= 0.3 is 0 Å². The first-order chi connectivity index (χ1) is 14.6. The number of ether oxygens (including phenoxy) is 3. The third-order valence-corrected chi connectivity index (χ3v) is 4.56. The maximum absolute atomic E-state index is 12.5. The van der Waals surface area contributed by atoms with Gasteiger partial charge in [-0.2, -0.15) is 0 Å². The van der Waals surface area contributed by atoms with Crippen molar-refractivity contribution in [1.82, 2.24) is 10.3 Å². The molecule has 1 aliphatic rings. The second-order valence-electron chi connectivity index (χ2n) is 6.56. The van der Waals surface area contributed by atoms with Crippen LogP contribution >= 0.6 is 0 Å². The minimum Gasteiger partial charge on any atom is -0.491 e. The van der Waals surface area contributed by atoms with Gasteiger partial charge in [0, 0.05) is 24.2 Å². The van der Waals surface area contributed by atoms with Crippen molar-refractivity contribution in [1.29, 1.82) is 0 Å². The SMILES string of the molecule is O=C(NCCCOc1cccc2cccnc12)c1cc2c(cc1[N+](=O)[O-])OCCO2. The number of hydrogen-bond acceptors (Lipinski definition) is 7. The van der Waals surface area contributed by atoms with E-state index < -0.39 is 10.8 Å². The molecule has 0 radical (unpaired) electrons. The van der Waals surface area contributed by atoms with Crippen molar-refractivity contribution in [3.63, 3.8) is 0 Å². The molecule has 2 heterocycles. The van der Waals surface area contributed by atoms with E-state index in [0.717, 1.165) is 10.9 Å². The highest BCUT2D eigenvalue weighted by Gasteiger charge is 2.26. The Balaban J connectivity index is 1.35. The molecule has 154 valence electrons. The molecule has 1 aliphatic heterocycles. The molecule has 4 rings (SSSR count). The minimum absolute atomic E-state index is 0.0663. The lowest BCUT2D eigenvalue weighted by molar-refractivity contribution is -0.385. The Kier molecular flexibility index (Phi) is 5.60. The average Bonchev–Trinajstić information content (AvgIpc) is 2.77. The monoisotopic (exact) mass is 409 g/mol. The fourth-order valence-corrected chi connectivity index (χ4v) is 3.16. The third kappa shape index (κ3) is 4.09. The van der Waals surface area contributed by atoms with Crippen LogP contribution in [0, 0.1) is 10.1 Å². The van der Waals surface area contributed by atoms with Gasteiger partial charge in [-0.05, 0) is 18.6 Å². The van der Waals surface area contributed by atoms with E-state index >= 15 is 0 Å². The van der Waals surface area contributed by atoms with E-state index in [1.165, 1.54) is 12.1 Å². The van der Waals surface area contributed by atoms with Gasteiger partial charge < -0.3 is 19.5 Å². The third-order valence-electron chi connectivity index (χ3n) is 4.56. The van der Waals surface area contributed by atoms with E-state index in [2.05, 4.69) is 10.3 Å². The molecule has 1 aromatic heterocycles. The topological polar surface area (TPSA) is 113 Å². The highest BCUT2D eigenvalue weighted by atomic mass is 16.6. The average molecular weight is 409 g/mol. The second-order valence-corrected chi connectivity index (χ2v) is 6.56. The van der Waals surface area contributed by atoms with Crippen molar-refractivity contribution in [3.05, 3.63) is 64.3 Å². The summed E-state index contributed by atoms with van der Waals surface area (Å²) < 4.78 is 16.6. The lowest BCUT2D eigenvalue weighted by Crippen LogP contribution is -2.27. The van der Waals surface area contributed by atoms with Crippen LogP contribution in [0.15, 0.2) is 48.7 Å². The highest BCUT2D eigenvalue weighted by molar-refractivity contribution is 5.99. The molecule has 0 saturated heterocycles. The maximum atomic E-state index is 12.5. The van der Waals surface area contributed by atoms with Crippen molar-refractivity contribution in [2.45, 2.75) is 6.42 Å². The number of nitrogens with zero attached hydrogens (tertiary/aromatic N) is 2. The molecule has 0 atom stereocenters. The number of rotatable bonds is 7. The minimum atomic E-state index is -0.607. The van der Waals surface area contributed by atoms with Gasteiger partial charge in [0.1, 0.15) is 30.0 Å². The van der Waals surface area contributed by atoms with Crippen LogP contribution < -0.4 is 19.5 Å². The van der Waals surface area contributed by atoms with E-state index in [9.17, 15) is 14.9 Å². The molecule has 9 nitrogen and oxygen atoms in total. The second kappa shape index (κ2) is 8.64. The number of fused-ring (bicyclic) bond motifs is 2. The summed E-state index contributed by atoms with van der Waals surface area (Å²) in [5.74, 6) is 0.706. The number of benzene rings is 2. The van der Waals surface area contributed by atoms with Crippen molar-refractivity contribution in [2.75, 3.05) is 26.4 Å². The molecular weight excluding hydrogens is 390 g/mol. The fourth-order valence-electron chi connectivity index (χ4n) is 3.16. The number of nitro benzene ring substituents is 1. The van der Waals surface area contributed by atoms with Crippen LogP contribution in [0.1, 0.15) is 16.8 Å². The lowest BCUT2D eigenvalue weighted by Gasteiger charge is -2.18. The van der Waals surface area contributed by atoms with E-state index in [0.29, 0.717) is 44.3 Å². The van der Waals surface area contributed by atoms with Gasteiger partial charge in [0.15, 0.2) is 11.5 Å². The first kappa shape index (κ1) is 19.4. The number of amides is 1. The summed E-state index contributed by atoms with van der Waals surface area (Å²) in [5.41, 5.74) is 0.384. The standard InChI is InChI=1S/C21H19N3O6/c25-21(15-12-18-19(30-11-10-29-18)13-16(15)24(26)27)23-8-3-9-28-17-6-1-4-14-5-2-7-22-20(14)17/h1-2,4-7,12-13H,3,8-11H2,(H,23,25). The Hall–Kier alpha value is -3.88. The van der Waals surface area contributed by atoms with E-state index in [4.69, 9.17) is 14.2 Å². The molecule has 0 spiro atoms. The molecule has 3 aromatic rings.